The van der Waals surface area contributed by atoms with Crippen LogP contribution in [0.25, 0.3) is 0 Å². The van der Waals surface area contributed by atoms with E-state index >= 15 is 0 Å². The molecule has 0 aromatic carbocycles. The molecule has 2 fully saturated rings. The van der Waals surface area contributed by atoms with Gasteiger partial charge >= 0.3 is 0 Å². The van der Waals surface area contributed by atoms with E-state index in [1.165, 1.54) is 0 Å². The van der Waals surface area contributed by atoms with Crippen molar-refractivity contribution in [1.29, 1.82) is 0 Å². The van der Waals surface area contributed by atoms with Crippen molar-refractivity contribution >= 4 is 11.8 Å². The minimum atomic E-state index is 0.282. The van der Waals surface area contributed by atoms with Crippen LogP contribution in [0.2, 0.25) is 0 Å². The van der Waals surface area contributed by atoms with Gasteiger partial charge in [0.2, 0.25) is 5.95 Å². The summed E-state index contributed by atoms with van der Waals surface area (Å²) in [7, 11) is 0. The van der Waals surface area contributed by atoms with Crippen LogP contribution in [-0.2, 0) is 4.74 Å². The number of nitrogens with two attached hydrogens (primary N) is 1. The Kier molecular flexibility index (Phi) is 4.03. The summed E-state index contributed by atoms with van der Waals surface area (Å²) in [5.41, 5.74) is 6.85. The maximum atomic E-state index is 9.20. The molecule has 1 aromatic rings. The lowest BCUT2D eigenvalue weighted by atomic mass is 9.98. The van der Waals surface area contributed by atoms with Gasteiger partial charge in [0.1, 0.15) is 5.82 Å². The fourth-order valence-electron chi connectivity index (χ4n) is 2.96. The summed E-state index contributed by atoms with van der Waals surface area (Å²) < 4.78 is 5.42. The first kappa shape index (κ1) is 13.6. The zero-order valence-electron chi connectivity index (χ0n) is 11.7. The van der Waals surface area contributed by atoms with E-state index in [0.717, 1.165) is 57.1 Å². The maximum absolute atomic E-state index is 9.20. The smallest absolute Gasteiger partial charge is 0.222 e. The molecule has 0 unspecified atom stereocenters. The van der Waals surface area contributed by atoms with E-state index in [9.17, 15) is 5.11 Å². The summed E-state index contributed by atoms with van der Waals surface area (Å²) in [6.07, 6.45) is 3.01. The molecule has 0 aliphatic carbocycles. The van der Waals surface area contributed by atoms with Crippen molar-refractivity contribution in [1.82, 2.24) is 9.97 Å². The number of anilines is 2. The Morgan fingerprint density at radius 3 is 2.75 bits per heavy atom. The van der Waals surface area contributed by atoms with Crippen LogP contribution < -0.4 is 10.6 Å². The maximum Gasteiger partial charge on any atom is 0.222 e. The molecule has 2 saturated heterocycles. The van der Waals surface area contributed by atoms with E-state index in [1.54, 1.807) is 0 Å². The van der Waals surface area contributed by atoms with Gasteiger partial charge in [0.25, 0.3) is 0 Å². The molecule has 2 aliphatic rings. The molecule has 0 bridgehead atoms. The van der Waals surface area contributed by atoms with Gasteiger partial charge in [-0.1, -0.05) is 0 Å². The first-order valence-corrected chi connectivity index (χ1v) is 7.34. The molecule has 0 saturated carbocycles. The minimum absolute atomic E-state index is 0.282. The highest BCUT2D eigenvalue weighted by Crippen LogP contribution is 2.28. The molecule has 3 heterocycles. The molecule has 3 rings (SSSR count). The summed E-state index contributed by atoms with van der Waals surface area (Å²) in [4.78, 5) is 11.0. The Morgan fingerprint density at radius 2 is 2.10 bits per heavy atom. The standard InChI is InChI=1S/C14H22N4O2/c15-14-16-12(11-3-6-20-9-11)7-13(17-14)18-4-1-10(8-19)2-5-18/h7,10-11,19H,1-6,8-9H2,(H2,15,16,17)/t11-/m0/s1. The van der Waals surface area contributed by atoms with Crippen molar-refractivity contribution in [2.24, 2.45) is 5.92 Å². The predicted molar refractivity (Wildman–Crippen MR) is 76.6 cm³/mol. The minimum Gasteiger partial charge on any atom is -0.396 e. The Labute approximate surface area is 119 Å². The monoisotopic (exact) mass is 278 g/mol. The lowest BCUT2D eigenvalue weighted by molar-refractivity contribution is 0.193. The van der Waals surface area contributed by atoms with Gasteiger partial charge in [-0.15, -0.1) is 0 Å². The molecule has 0 spiro atoms. The second kappa shape index (κ2) is 5.93. The largest absolute Gasteiger partial charge is 0.396 e. The third kappa shape index (κ3) is 2.86. The highest BCUT2D eigenvalue weighted by atomic mass is 16.5. The molecule has 20 heavy (non-hydrogen) atoms. The zero-order chi connectivity index (χ0) is 13.9. The van der Waals surface area contributed by atoms with Crippen LogP contribution in [0.1, 0.15) is 30.9 Å². The predicted octanol–water partition coefficient (Wildman–Crippen LogP) is 0.771. The van der Waals surface area contributed by atoms with E-state index in [2.05, 4.69) is 20.9 Å². The van der Waals surface area contributed by atoms with Gasteiger partial charge in [-0.25, -0.2) is 4.98 Å². The van der Waals surface area contributed by atoms with Crippen LogP contribution in [0.15, 0.2) is 6.07 Å². The molecule has 1 atom stereocenters. The summed E-state index contributed by atoms with van der Waals surface area (Å²) in [5.74, 6) is 2.02. The fraction of sp³-hybridized carbons (Fsp3) is 0.714. The molecule has 0 amide bonds. The number of aliphatic hydroxyl groups is 1. The first-order chi connectivity index (χ1) is 9.76. The van der Waals surface area contributed by atoms with Crippen LogP contribution in [-0.4, -0.2) is 48.0 Å². The number of piperidine rings is 1. The van der Waals surface area contributed by atoms with Crippen molar-refractivity contribution in [3.8, 4) is 0 Å². The van der Waals surface area contributed by atoms with E-state index in [-0.39, 0.29) is 6.61 Å². The molecule has 3 N–H and O–H groups in total. The van der Waals surface area contributed by atoms with Gasteiger partial charge in [-0.05, 0) is 25.2 Å². The van der Waals surface area contributed by atoms with Crippen molar-refractivity contribution in [3.63, 3.8) is 0 Å². The number of aromatic nitrogens is 2. The summed E-state index contributed by atoms with van der Waals surface area (Å²) in [5, 5.41) is 9.20. The quantitative estimate of drug-likeness (QED) is 0.849. The molecule has 2 aliphatic heterocycles. The van der Waals surface area contributed by atoms with Crippen molar-refractivity contribution < 1.29 is 9.84 Å². The number of nitrogen functional groups attached to an aromatic ring is 1. The number of hydrogen-bond acceptors (Lipinski definition) is 6. The van der Waals surface area contributed by atoms with E-state index in [4.69, 9.17) is 10.5 Å². The van der Waals surface area contributed by atoms with Crippen LogP contribution in [0, 0.1) is 5.92 Å². The third-order valence-electron chi connectivity index (χ3n) is 4.29. The third-order valence-corrected chi connectivity index (χ3v) is 4.29. The number of nitrogens with zero attached hydrogens (tertiary/aromatic N) is 3. The second-order valence-corrected chi connectivity index (χ2v) is 5.68. The lowest BCUT2D eigenvalue weighted by Gasteiger charge is -2.32. The Morgan fingerprint density at radius 1 is 1.30 bits per heavy atom. The molecular weight excluding hydrogens is 256 g/mol. The molecule has 6 nitrogen and oxygen atoms in total. The van der Waals surface area contributed by atoms with Crippen LogP contribution in [0.3, 0.4) is 0 Å². The lowest BCUT2D eigenvalue weighted by Crippen LogP contribution is -2.35. The molecule has 0 radical (unpaired) electrons. The number of hydrogen-bond donors (Lipinski definition) is 2. The molecule has 1 aromatic heterocycles. The highest BCUT2D eigenvalue weighted by molar-refractivity contribution is 5.44. The Bertz CT molecular complexity index is 454. The van der Waals surface area contributed by atoms with E-state index in [0.29, 0.717) is 17.8 Å². The summed E-state index contributed by atoms with van der Waals surface area (Å²) in [6.45, 7) is 3.64. The first-order valence-electron chi connectivity index (χ1n) is 7.34. The molecule has 6 heteroatoms. The van der Waals surface area contributed by atoms with Gasteiger partial charge < -0.3 is 20.5 Å². The number of aliphatic hydroxyl groups excluding tert-OH is 1. The molecule has 110 valence electrons. The van der Waals surface area contributed by atoms with Crippen molar-refractivity contribution in [2.45, 2.75) is 25.2 Å². The highest BCUT2D eigenvalue weighted by Gasteiger charge is 2.23. The van der Waals surface area contributed by atoms with Gasteiger partial charge in [-0.3, -0.25) is 0 Å². The Hall–Kier alpha value is -1.40. The summed E-state index contributed by atoms with van der Waals surface area (Å²) in [6, 6.07) is 2.05. The van der Waals surface area contributed by atoms with Crippen LogP contribution >= 0.6 is 0 Å². The van der Waals surface area contributed by atoms with Gasteiger partial charge in [-0.2, -0.15) is 4.98 Å². The van der Waals surface area contributed by atoms with E-state index < -0.39 is 0 Å². The average molecular weight is 278 g/mol. The molecular formula is C14H22N4O2. The average Bonchev–Trinajstić information content (AvgIpc) is 3.01. The SMILES string of the molecule is Nc1nc([C@H]2CCOC2)cc(N2CCC(CO)CC2)n1. The van der Waals surface area contributed by atoms with E-state index in [1.807, 2.05) is 0 Å². The van der Waals surface area contributed by atoms with Crippen LogP contribution in [0.5, 0.6) is 0 Å². The van der Waals surface area contributed by atoms with Crippen LogP contribution in [0.4, 0.5) is 11.8 Å². The Balaban J connectivity index is 1.76. The van der Waals surface area contributed by atoms with Crippen molar-refractivity contribution in [3.05, 3.63) is 11.8 Å². The topological polar surface area (TPSA) is 84.5 Å². The van der Waals surface area contributed by atoms with Gasteiger partial charge in [0.15, 0.2) is 0 Å². The summed E-state index contributed by atoms with van der Waals surface area (Å²) >= 11 is 0. The number of ether oxygens (including phenoxy) is 1. The van der Waals surface area contributed by atoms with Gasteiger partial charge in [0, 0.05) is 38.3 Å². The second-order valence-electron chi connectivity index (χ2n) is 5.68. The normalized spacial score (nSPS) is 24.2. The zero-order valence-corrected chi connectivity index (χ0v) is 11.7. The fourth-order valence-corrected chi connectivity index (χ4v) is 2.96. The van der Waals surface area contributed by atoms with Crippen molar-refractivity contribution in [2.75, 3.05) is 43.5 Å². The number of rotatable bonds is 3. The van der Waals surface area contributed by atoms with Gasteiger partial charge in [0.05, 0.1) is 12.3 Å².